The van der Waals surface area contributed by atoms with Crippen LogP contribution in [0.3, 0.4) is 0 Å². The molecule has 0 aromatic carbocycles. The van der Waals surface area contributed by atoms with E-state index in [-0.39, 0.29) is 17.9 Å². The molecule has 2 atom stereocenters. The van der Waals surface area contributed by atoms with Crippen LogP contribution in [0.25, 0.3) is 0 Å². The first kappa shape index (κ1) is 14.4. The van der Waals surface area contributed by atoms with Gasteiger partial charge in [-0.05, 0) is 25.3 Å². The normalized spacial score (nSPS) is 31.8. The number of aliphatic hydroxyl groups excluding tert-OH is 1. The van der Waals surface area contributed by atoms with Crippen LogP contribution in [-0.2, 0) is 10.2 Å². The number of hydrogen-bond donors (Lipinski definition) is 2. The quantitative estimate of drug-likeness (QED) is 0.820. The van der Waals surface area contributed by atoms with Gasteiger partial charge in [-0.15, -0.1) is 5.10 Å². The number of nitrogens with one attached hydrogen (secondary N) is 1. The Bertz CT molecular complexity index is 392. The summed E-state index contributed by atoms with van der Waals surface area (Å²) in [5, 5.41) is 20.3. The number of aliphatic hydroxyl groups is 1. The molecular formula is C13H23N3O3. The highest BCUT2D eigenvalue weighted by molar-refractivity contribution is 5.23. The van der Waals surface area contributed by atoms with Crippen LogP contribution in [0.1, 0.15) is 32.4 Å². The molecule has 1 aliphatic heterocycles. The Morgan fingerprint density at radius 3 is 2.89 bits per heavy atom. The van der Waals surface area contributed by atoms with Gasteiger partial charge in [-0.2, -0.15) is 0 Å². The summed E-state index contributed by atoms with van der Waals surface area (Å²) in [6.07, 6.45) is 3.06. The molecule has 108 valence electrons. The van der Waals surface area contributed by atoms with Gasteiger partial charge in [0.2, 0.25) is 0 Å². The minimum absolute atomic E-state index is 0.0819. The Kier molecular flexibility index (Phi) is 4.23. The van der Waals surface area contributed by atoms with E-state index < -0.39 is 5.60 Å². The van der Waals surface area contributed by atoms with Gasteiger partial charge in [0.25, 0.3) is 0 Å². The number of aromatic nitrogens is 2. The van der Waals surface area contributed by atoms with Crippen molar-refractivity contribution in [3.8, 4) is 0 Å². The number of hydrogen-bond acceptors (Lipinski definition) is 6. The molecular weight excluding hydrogens is 246 g/mol. The molecule has 0 saturated carbocycles. The van der Waals surface area contributed by atoms with Gasteiger partial charge in [0.15, 0.2) is 5.76 Å². The lowest BCUT2D eigenvalue weighted by Gasteiger charge is -2.53. The van der Waals surface area contributed by atoms with E-state index in [1.54, 1.807) is 13.3 Å². The maximum absolute atomic E-state index is 9.53. The first-order valence-corrected chi connectivity index (χ1v) is 6.77. The van der Waals surface area contributed by atoms with Gasteiger partial charge in [0.05, 0.1) is 17.2 Å². The van der Waals surface area contributed by atoms with Crippen molar-refractivity contribution in [2.24, 2.45) is 5.92 Å². The third-order valence-electron chi connectivity index (χ3n) is 4.59. The van der Waals surface area contributed by atoms with Crippen LogP contribution in [0.15, 0.2) is 10.7 Å². The number of methoxy groups -OCH3 is 1. The lowest BCUT2D eigenvalue weighted by molar-refractivity contribution is -0.136. The molecule has 0 aliphatic carbocycles. The molecule has 6 nitrogen and oxygen atoms in total. The lowest BCUT2D eigenvalue weighted by atomic mass is 9.59. The monoisotopic (exact) mass is 269 g/mol. The predicted octanol–water partition coefficient (Wildman–Crippen LogP) is 0.724. The van der Waals surface area contributed by atoms with Gasteiger partial charge in [0.1, 0.15) is 0 Å². The molecule has 1 fully saturated rings. The van der Waals surface area contributed by atoms with Crippen LogP contribution in [0.5, 0.6) is 0 Å². The van der Waals surface area contributed by atoms with Gasteiger partial charge in [-0.25, -0.2) is 0 Å². The Morgan fingerprint density at radius 2 is 2.37 bits per heavy atom. The van der Waals surface area contributed by atoms with Crippen LogP contribution >= 0.6 is 0 Å². The van der Waals surface area contributed by atoms with Gasteiger partial charge >= 0.3 is 0 Å². The predicted molar refractivity (Wildman–Crippen MR) is 69.7 cm³/mol. The molecule has 1 aromatic heterocycles. The Balaban J connectivity index is 2.53. The van der Waals surface area contributed by atoms with Gasteiger partial charge < -0.3 is 19.7 Å². The van der Waals surface area contributed by atoms with Crippen LogP contribution in [0, 0.1) is 5.92 Å². The van der Waals surface area contributed by atoms with Crippen molar-refractivity contribution in [1.29, 1.82) is 0 Å². The van der Waals surface area contributed by atoms with Crippen molar-refractivity contribution < 1.29 is 14.4 Å². The summed E-state index contributed by atoms with van der Waals surface area (Å²) in [5.74, 6) is 0.973. The van der Waals surface area contributed by atoms with Crippen molar-refractivity contribution in [3.63, 3.8) is 0 Å². The fraction of sp³-hybridized carbons (Fsp3) is 0.846. The van der Waals surface area contributed by atoms with E-state index >= 15 is 0 Å². The first-order valence-electron chi connectivity index (χ1n) is 6.77. The molecule has 19 heavy (non-hydrogen) atoms. The average molecular weight is 269 g/mol. The first-order chi connectivity index (χ1) is 9.13. The average Bonchev–Trinajstić information content (AvgIpc) is 2.93. The minimum atomic E-state index is -0.435. The maximum atomic E-state index is 9.53. The fourth-order valence-electron chi connectivity index (χ4n) is 3.58. The Morgan fingerprint density at radius 1 is 1.58 bits per heavy atom. The molecule has 0 unspecified atom stereocenters. The summed E-state index contributed by atoms with van der Waals surface area (Å²) < 4.78 is 11.3. The van der Waals surface area contributed by atoms with E-state index in [0.717, 1.165) is 19.5 Å². The van der Waals surface area contributed by atoms with E-state index in [9.17, 15) is 5.11 Å². The van der Waals surface area contributed by atoms with Gasteiger partial charge in [0, 0.05) is 25.5 Å². The molecule has 2 N–H and O–H groups in total. The summed E-state index contributed by atoms with van der Waals surface area (Å²) in [6.45, 7) is 5.93. The zero-order chi connectivity index (χ0) is 13.9. The fourth-order valence-corrected chi connectivity index (χ4v) is 3.58. The molecule has 6 heteroatoms. The van der Waals surface area contributed by atoms with Crippen LogP contribution in [-0.4, -0.2) is 47.9 Å². The zero-order valence-corrected chi connectivity index (χ0v) is 11.8. The maximum Gasteiger partial charge on any atom is 0.166 e. The molecule has 2 heterocycles. The second-order valence-corrected chi connectivity index (χ2v) is 5.51. The second kappa shape index (κ2) is 5.56. The van der Waals surface area contributed by atoms with Crippen molar-refractivity contribution in [2.45, 2.75) is 37.7 Å². The van der Waals surface area contributed by atoms with Crippen molar-refractivity contribution in [1.82, 2.24) is 15.7 Å². The summed E-state index contributed by atoms with van der Waals surface area (Å²) in [6, 6.07) is 0. The number of nitrogens with zero attached hydrogens (tertiary/aromatic N) is 2. The molecule has 0 bridgehead atoms. The molecule has 2 rings (SSSR count). The zero-order valence-electron chi connectivity index (χ0n) is 11.8. The summed E-state index contributed by atoms with van der Waals surface area (Å²) in [7, 11) is 1.73. The highest BCUT2D eigenvalue weighted by Crippen LogP contribution is 2.48. The second-order valence-electron chi connectivity index (χ2n) is 5.51. The molecule has 1 saturated heterocycles. The molecule has 0 amide bonds. The molecule has 0 spiro atoms. The highest BCUT2D eigenvalue weighted by atomic mass is 16.5. The lowest BCUT2D eigenvalue weighted by Crippen LogP contribution is -2.65. The molecule has 1 aromatic rings. The van der Waals surface area contributed by atoms with Crippen molar-refractivity contribution in [2.75, 3.05) is 26.8 Å². The Labute approximate surface area is 113 Å². The van der Waals surface area contributed by atoms with Gasteiger partial charge in [-0.1, -0.05) is 13.8 Å². The Hall–Kier alpha value is -0.980. The smallest absolute Gasteiger partial charge is 0.166 e. The summed E-state index contributed by atoms with van der Waals surface area (Å²) in [4.78, 5) is 0. The number of ether oxygens (including phenoxy) is 1. The van der Waals surface area contributed by atoms with E-state index in [1.807, 2.05) is 0 Å². The van der Waals surface area contributed by atoms with E-state index in [2.05, 4.69) is 29.5 Å². The van der Waals surface area contributed by atoms with Crippen molar-refractivity contribution in [3.05, 3.63) is 12.0 Å². The largest absolute Gasteiger partial charge is 0.396 e. The number of piperidine rings is 1. The van der Waals surface area contributed by atoms with E-state index in [4.69, 9.17) is 9.26 Å². The molecule has 1 aliphatic rings. The highest BCUT2D eigenvalue weighted by Gasteiger charge is 2.58. The van der Waals surface area contributed by atoms with Gasteiger partial charge in [-0.3, -0.25) is 0 Å². The van der Waals surface area contributed by atoms with E-state index in [0.29, 0.717) is 12.2 Å². The summed E-state index contributed by atoms with van der Waals surface area (Å²) in [5.41, 5.74) is -0.825. The van der Waals surface area contributed by atoms with Crippen molar-refractivity contribution >= 4 is 0 Å². The van der Waals surface area contributed by atoms with Crippen LogP contribution in [0.2, 0.25) is 0 Å². The standard InChI is InChI=1S/C13H23N3O3/c1-10(2)13(18-3)9-14-6-4-12(13,5-7-17)11-8-15-16-19-11/h8,10,14,17H,4-7,9H2,1-3H3/t12-,13+/m0/s1. The molecule has 0 radical (unpaired) electrons. The van der Waals surface area contributed by atoms with E-state index in [1.165, 1.54) is 0 Å². The number of rotatable bonds is 5. The third-order valence-corrected chi connectivity index (χ3v) is 4.59. The third kappa shape index (κ3) is 2.07. The topological polar surface area (TPSA) is 80.4 Å². The minimum Gasteiger partial charge on any atom is -0.396 e. The van der Waals surface area contributed by atoms with Crippen LogP contribution in [0.4, 0.5) is 0 Å². The SMILES string of the molecule is CO[C@@]1(C(C)C)CNCC[C@]1(CCO)c1cnno1. The van der Waals surface area contributed by atoms with Crippen LogP contribution < -0.4 is 5.32 Å². The summed E-state index contributed by atoms with van der Waals surface area (Å²) >= 11 is 0.